The van der Waals surface area contributed by atoms with Crippen LogP contribution < -0.4 is 0 Å². The molecule has 138 valence electrons. The molecule has 4 rings (SSSR count). The van der Waals surface area contributed by atoms with Crippen LogP contribution in [0.2, 0.25) is 0 Å². The Morgan fingerprint density at radius 3 is 2.65 bits per heavy atom. The average Bonchev–Trinajstić information content (AvgIpc) is 3.07. The zero-order chi connectivity index (χ0) is 17.8. The van der Waals surface area contributed by atoms with E-state index in [2.05, 4.69) is 10.1 Å². The fraction of sp³-hybridized carbons (Fsp3) is 0.550. The lowest BCUT2D eigenvalue weighted by Crippen LogP contribution is -2.41. The molecule has 3 heterocycles. The van der Waals surface area contributed by atoms with E-state index < -0.39 is 0 Å². The number of amides is 1. The Labute approximate surface area is 153 Å². The molecule has 1 aromatic carbocycles. The van der Waals surface area contributed by atoms with Gasteiger partial charge in [-0.15, -0.1) is 0 Å². The summed E-state index contributed by atoms with van der Waals surface area (Å²) in [4.78, 5) is 19.8. The van der Waals surface area contributed by atoms with Crippen LogP contribution >= 0.6 is 0 Å². The zero-order valence-corrected chi connectivity index (χ0v) is 15.0. The molecule has 2 fully saturated rings. The largest absolute Gasteiger partial charge is 0.381 e. The SMILES string of the molecule is O=C(C1CCOCC1)N1CCCCC[C@H]1c1noc(-c2ccccc2)n1. The molecule has 0 unspecified atom stereocenters. The van der Waals surface area contributed by atoms with Gasteiger partial charge in [0.1, 0.15) is 0 Å². The Kier molecular flexibility index (Phi) is 5.29. The third-order valence-electron chi connectivity index (χ3n) is 5.37. The molecule has 1 atom stereocenters. The summed E-state index contributed by atoms with van der Waals surface area (Å²) in [7, 11) is 0. The Morgan fingerprint density at radius 1 is 1.04 bits per heavy atom. The van der Waals surface area contributed by atoms with Crippen molar-refractivity contribution in [2.24, 2.45) is 5.92 Å². The molecule has 1 amide bonds. The van der Waals surface area contributed by atoms with Gasteiger partial charge < -0.3 is 14.2 Å². The minimum absolute atomic E-state index is 0.0600. The first-order valence-electron chi connectivity index (χ1n) is 9.60. The number of aromatic nitrogens is 2. The van der Waals surface area contributed by atoms with Crippen LogP contribution in [0, 0.1) is 5.92 Å². The zero-order valence-electron chi connectivity index (χ0n) is 15.0. The van der Waals surface area contributed by atoms with Crippen molar-refractivity contribution >= 4 is 5.91 Å². The molecule has 6 nitrogen and oxygen atoms in total. The molecule has 0 aliphatic carbocycles. The van der Waals surface area contributed by atoms with E-state index in [0.717, 1.165) is 50.6 Å². The lowest BCUT2D eigenvalue weighted by molar-refractivity contribution is -0.141. The highest BCUT2D eigenvalue weighted by molar-refractivity contribution is 5.79. The van der Waals surface area contributed by atoms with Crippen molar-refractivity contribution in [2.75, 3.05) is 19.8 Å². The fourth-order valence-corrected chi connectivity index (χ4v) is 3.89. The summed E-state index contributed by atoms with van der Waals surface area (Å²) < 4.78 is 10.9. The monoisotopic (exact) mass is 355 g/mol. The predicted molar refractivity (Wildman–Crippen MR) is 96.2 cm³/mol. The van der Waals surface area contributed by atoms with E-state index >= 15 is 0 Å². The van der Waals surface area contributed by atoms with E-state index in [-0.39, 0.29) is 17.9 Å². The van der Waals surface area contributed by atoms with Crippen LogP contribution in [0.25, 0.3) is 11.5 Å². The van der Waals surface area contributed by atoms with E-state index in [9.17, 15) is 4.79 Å². The third-order valence-corrected chi connectivity index (χ3v) is 5.37. The van der Waals surface area contributed by atoms with Gasteiger partial charge in [-0.2, -0.15) is 4.98 Å². The summed E-state index contributed by atoms with van der Waals surface area (Å²) >= 11 is 0. The molecule has 6 heteroatoms. The maximum Gasteiger partial charge on any atom is 0.257 e. The van der Waals surface area contributed by atoms with Gasteiger partial charge in [-0.25, -0.2) is 0 Å². The minimum atomic E-state index is -0.0888. The fourth-order valence-electron chi connectivity index (χ4n) is 3.89. The molecule has 0 radical (unpaired) electrons. The van der Waals surface area contributed by atoms with Gasteiger partial charge in [0.15, 0.2) is 5.82 Å². The first-order valence-corrected chi connectivity index (χ1v) is 9.60. The topological polar surface area (TPSA) is 68.5 Å². The first kappa shape index (κ1) is 17.2. The summed E-state index contributed by atoms with van der Waals surface area (Å²) in [6.45, 7) is 2.13. The smallest absolute Gasteiger partial charge is 0.257 e. The summed E-state index contributed by atoms with van der Waals surface area (Å²) in [5.74, 6) is 1.44. The molecule has 2 aliphatic rings. The van der Waals surface area contributed by atoms with Crippen LogP contribution in [0.15, 0.2) is 34.9 Å². The molecule has 1 aromatic heterocycles. The van der Waals surface area contributed by atoms with Crippen LogP contribution in [0.1, 0.15) is 50.4 Å². The summed E-state index contributed by atoms with van der Waals surface area (Å²) in [6, 6.07) is 9.68. The average molecular weight is 355 g/mol. The van der Waals surface area contributed by atoms with Crippen molar-refractivity contribution in [3.05, 3.63) is 36.2 Å². The number of likely N-dealkylation sites (tertiary alicyclic amines) is 1. The van der Waals surface area contributed by atoms with E-state index in [1.165, 1.54) is 0 Å². The second-order valence-electron chi connectivity index (χ2n) is 7.11. The third kappa shape index (κ3) is 3.65. The second kappa shape index (κ2) is 7.99. The maximum atomic E-state index is 13.2. The van der Waals surface area contributed by atoms with Gasteiger partial charge in [0, 0.05) is 31.2 Å². The molecule has 0 spiro atoms. The van der Waals surface area contributed by atoms with Gasteiger partial charge in [0.2, 0.25) is 5.91 Å². The van der Waals surface area contributed by atoms with Crippen LogP contribution in [-0.2, 0) is 9.53 Å². The molecular formula is C20H25N3O3. The van der Waals surface area contributed by atoms with Crippen LogP contribution in [0.5, 0.6) is 0 Å². The first-order chi connectivity index (χ1) is 12.8. The van der Waals surface area contributed by atoms with Crippen molar-refractivity contribution in [3.8, 4) is 11.5 Å². The van der Waals surface area contributed by atoms with Crippen molar-refractivity contribution in [2.45, 2.75) is 44.6 Å². The van der Waals surface area contributed by atoms with E-state index in [4.69, 9.17) is 9.26 Å². The predicted octanol–water partition coefficient (Wildman–Crippen LogP) is 3.61. The van der Waals surface area contributed by atoms with Gasteiger partial charge in [0.05, 0.1) is 6.04 Å². The number of ether oxygens (including phenoxy) is 1. The van der Waals surface area contributed by atoms with Crippen LogP contribution in [-0.4, -0.2) is 40.7 Å². The van der Waals surface area contributed by atoms with Gasteiger partial charge in [-0.3, -0.25) is 4.79 Å². The van der Waals surface area contributed by atoms with E-state index in [0.29, 0.717) is 24.9 Å². The number of hydrogen-bond acceptors (Lipinski definition) is 5. The van der Waals surface area contributed by atoms with Crippen molar-refractivity contribution in [1.29, 1.82) is 0 Å². The minimum Gasteiger partial charge on any atom is -0.381 e. The highest BCUT2D eigenvalue weighted by Gasteiger charge is 2.34. The van der Waals surface area contributed by atoms with Gasteiger partial charge >= 0.3 is 0 Å². The lowest BCUT2D eigenvalue weighted by atomic mass is 9.97. The highest BCUT2D eigenvalue weighted by Crippen LogP contribution is 2.32. The highest BCUT2D eigenvalue weighted by atomic mass is 16.5. The van der Waals surface area contributed by atoms with E-state index in [1.807, 2.05) is 35.2 Å². The summed E-state index contributed by atoms with van der Waals surface area (Å²) in [6.07, 6.45) is 5.76. The van der Waals surface area contributed by atoms with Crippen LogP contribution in [0.4, 0.5) is 0 Å². The summed E-state index contributed by atoms with van der Waals surface area (Å²) in [5, 5.41) is 4.23. The Hall–Kier alpha value is -2.21. The van der Waals surface area contributed by atoms with Crippen molar-refractivity contribution in [3.63, 3.8) is 0 Å². The number of rotatable bonds is 3. The summed E-state index contributed by atoms with van der Waals surface area (Å²) in [5.41, 5.74) is 0.905. The second-order valence-corrected chi connectivity index (χ2v) is 7.11. The molecule has 0 bridgehead atoms. The molecule has 2 aromatic rings. The molecule has 0 saturated carbocycles. The van der Waals surface area contributed by atoms with Crippen molar-refractivity contribution in [1.82, 2.24) is 15.0 Å². The molecule has 0 N–H and O–H groups in total. The number of hydrogen-bond donors (Lipinski definition) is 0. The van der Waals surface area contributed by atoms with Crippen LogP contribution in [0.3, 0.4) is 0 Å². The van der Waals surface area contributed by atoms with Gasteiger partial charge in [-0.05, 0) is 37.8 Å². The molecule has 2 aliphatic heterocycles. The quantitative estimate of drug-likeness (QED) is 0.841. The normalized spacial score (nSPS) is 22.2. The van der Waals surface area contributed by atoms with Gasteiger partial charge in [0.25, 0.3) is 5.89 Å². The Bertz CT molecular complexity index is 725. The number of nitrogens with zero attached hydrogens (tertiary/aromatic N) is 3. The maximum absolute atomic E-state index is 13.2. The molecular weight excluding hydrogens is 330 g/mol. The standard InChI is InChI=1S/C20H25N3O3/c24-20(16-10-13-25-14-11-16)23-12-6-2-5-9-17(23)18-21-19(26-22-18)15-7-3-1-4-8-15/h1,3-4,7-8,16-17H,2,5-6,9-14H2/t17-/m0/s1. The number of carbonyl (C=O) groups is 1. The Balaban J connectivity index is 1.57. The number of carbonyl (C=O) groups excluding carboxylic acids is 1. The lowest BCUT2D eigenvalue weighted by Gasteiger charge is -2.32. The van der Waals surface area contributed by atoms with E-state index in [1.54, 1.807) is 0 Å². The van der Waals surface area contributed by atoms with Gasteiger partial charge in [-0.1, -0.05) is 36.2 Å². The Morgan fingerprint density at radius 2 is 1.85 bits per heavy atom. The number of benzene rings is 1. The molecule has 26 heavy (non-hydrogen) atoms. The van der Waals surface area contributed by atoms with Crippen molar-refractivity contribution < 1.29 is 14.1 Å². The molecule has 2 saturated heterocycles.